The van der Waals surface area contributed by atoms with E-state index in [-0.39, 0.29) is 11.3 Å². The molecule has 0 unspecified atom stereocenters. The molecule has 1 aromatic carbocycles. The predicted octanol–water partition coefficient (Wildman–Crippen LogP) is -0.887. The summed E-state index contributed by atoms with van der Waals surface area (Å²) < 4.78 is 0. The molecule has 0 saturated heterocycles. The van der Waals surface area contributed by atoms with Crippen LogP contribution in [0.3, 0.4) is 0 Å². The van der Waals surface area contributed by atoms with Crippen LogP contribution < -0.4 is 11.5 Å². The van der Waals surface area contributed by atoms with Crippen LogP contribution in [0.25, 0.3) is 0 Å². The summed E-state index contributed by atoms with van der Waals surface area (Å²) in [6.45, 7) is 0.725. The molecule has 0 atom stereocenters. The van der Waals surface area contributed by atoms with Crippen LogP contribution in [0.4, 0.5) is 0 Å². The van der Waals surface area contributed by atoms with Gasteiger partial charge in [-0.15, -0.1) is 0 Å². The first-order chi connectivity index (χ1) is 8.82. The van der Waals surface area contributed by atoms with Gasteiger partial charge >= 0.3 is 0 Å². The summed E-state index contributed by atoms with van der Waals surface area (Å²) in [6, 6.07) is 4.59. The Hall–Kier alpha value is -2.57. The Bertz CT molecular complexity index is 512. The molecule has 0 aliphatic heterocycles. The van der Waals surface area contributed by atoms with Gasteiger partial charge in [0.15, 0.2) is 0 Å². The fourth-order valence-electron chi connectivity index (χ4n) is 1.58. The molecule has 7 heteroatoms. The largest absolute Gasteiger partial charge is 0.507 e. The summed E-state index contributed by atoms with van der Waals surface area (Å²) in [7, 11) is 0. The third kappa shape index (κ3) is 3.70. The van der Waals surface area contributed by atoms with Gasteiger partial charge in [0, 0.05) is 0 Å². The number of hydrogen-bond acceptors (Lipinski definition) is 4. The number of amides is 3. The van der Waals surface area contributed by atoms with Crippen LogP contribution in [0.5, 0.6) is 5.75 Å². The lowest BCUT2D eigenvalue weighted by atomic mass is 10.1. The molecule has 0 aromatic heterocycles. The van der Waals surface area contributed by atoms with Crippen molar-refractivity contribution in [3.63, 3.8) is 0 Å². The molecule has 102 valence electrons. The Labute approximate surface area is 109 Å². The lowest BCUT2D eigenvalue weighted by Crippen LogP contribution is -2.43. The highest BCUT2D eigenvalue weighted by Crippen LogP contribution is 2.22. The van der Waals surface area contributed by atoms with Gasteiger partial charge in [-0.1, -0.05) is 12.1 Å². The number of nitrogens with two attached hydrogens (primary N) is 2. The molecule has 0 aliphatic rings. The maximum atomic E-state index is 12.1. The fraction of sp³-hybridized carbons (Fsp3) is 0.250. The lowest BCUT2D eigenvalue weighted by molar-refractivity contribution is -0.121. The molecule has 0 saturated carbocycles. The maximum Gasteiger partial charge on any atom is 0.258 e. The highest BCUT2D eigenvalue weighted by Gasteiger charge is 2.22. The normalized spacial score (nSPS) is 9.95. The molecule has 0 aliphatic carbocycles. The van der Waals surface area contributed by atoms with E-state index in [1.807, 2.05) is 0 Å². The predicted molar refractivity (Wildman–Crippen MR) is 67.1 cm³/mol. The van der Waals surface area contributed by atoms with Gasteiger partial charge in [0.1, 0.15) is 18.8 Å². The molecule has 0 radical (unpaired) electrons. The van der Waals surface area contributed by atoms with Gasteiger partial charge < -0.3 is 21.5 Å². The second-order valence-corrected chi connectivity index (χ2v) is 4.06. The van der Waals surface area contributed by atoms with Crippen molar-refractivity contribution in [3.05, 3.63) is 29.3 Å². The lowest BCUT2D eigenvalue weighted by Gasteiger charge is -2.20. The molecule has 0 bridgehead atoms. The third-order valence-corrected chi connectivity index (χ3v) is 2.45. The zero-order valence-corrected chi connectivity index (χ0v) is 10.4. The number of aryl methyl sites for hydroxylation is 1. The molecule has 0 spiro atoms. The van der Waals surface area contributed by atoms with E-state index in [2.05, 4.69) is 0 Å². The second-order valence-electron chi connectivity index (χ2n) is 4.06. The van der Waals surface area contributed by atoms with Crippen LogP contribution >= 0.6 is 0 Å². The van der Waals surface area contributed by atoms with Crippen LogP contribution in [0.2, 0.25) is 0 Å². The summed E-state index contributed by atoms with van der Waals surface area (Å²) in [5, 5.41) is 9.81. The van der Waals surface area contributed by atoms with E-state index in [1.54, 1.807) is 19.1 Å². The van der Waals surface area contributed by atoms with Crippen LogP contribution in [-0.4, -0.2) is 40.8 Å². The molecule has 1 aromatic rings. The van der Waals surface area contributed by atoms with Gasteiger partial charge in [-0.2, -0.15) is 0 Å². The van der Waals surface area contributed by atoms with Crippen molar-refractivity contribution in [1.29, 1.82) is 0 Å². The SMILES string of the molecule is Cc1cccc(C(=O)N(CC(N)=O)CC(N)=O)c1O. The minimum Gasteiger partial charge on any atom is -0.507 e. The molecule has 1 rings (SSSR count). The smallest absolute Gasteiger partial charge is 0.258 e. The van der Waals surface area contributed by atoms with Crippen molar-refractivity contribution >= 4 is 17.7 Å². The van der Waals surface area contributed by atoms with Crippen LogP contribution in [0.15, 0.2) is 18.2 Å². The summed E-state index contributed by atoms with van der Waals surface area (Å²) in [6.07, 6.45) is 0. The van der Waals surface area contributed by atoms with E-state index in [4.69, 9.17) is 11.5 Å². The molecule has 5 N–H and O–H groups in total. The summed E-state index contributed by atoms with van der Waals surface area (Å²) in [4.78, 5) is 34.8. The van der Waals surface area contributed by atoms with Crippen LogP contribution in [0.1, 0.15) is 15.9 Å². The number of phenolic OH excluding ortho intramolecular Hbond substituents is 1. The topological polar surface area (TPSA) is 127 Å². The number of nitrogens with zero attached hydrogens (tertiary/aromatic N) is 1. The Morgan fingerprint density at radius 2 is 1.68 bits per heavy atom. The van der Waals surface area contributed by atoms with Crippen LogP contribution in [0, 0.1) is 6.92 Å². The number of primary amides is 2. The van der Waals surface area contributed by atoms with E-state index in [0.29, 0.717) is 5.56 Å². The van der Waals surface area contributed by atoms with Crippen LogP contribution in [-0.2, 0) is 9.59 Å². The molecule has 0 fully saturated rings. The van der Waals surface area contributed by atoms with Crippen molar-refractivity contribution in [1.82, 2.24) is 4.90 Å². The zero-order valence-electron chi connectivity index (χ0n) is 10.4. The number of rotatable bonds is 5. The van der Waals surface area contributed by atoms with Crippen molar-refractivity contribution in [3.8, 4) is 5.75 Å². The van der Waals surface area contributed by atoms with Gasteiger partial charge in [-0.25, -0.2) is 0 Å². The Morgan fingerprint density at radius 1 is 1.16 bits per heavy atom. The van der Waals surface area contributed by atoms with Crippen molar-refractivity contribution < 1.29 is 19.5 Å². The molecule has 0 heterocycles. The van der Waals surface area contributed by atoms with Gasteiger partial charge in [-0.05, 0) is 18.6 Å². The number of para-hydroxylation sites is 1. The number of aromatic hydroxyl groups is 1. The number of carbonyl (C=O) groups is 3. The highest BCUT2D eigenvalue weighted by molar-refractivity contribution is 6.00. The van der Waals surface area contributed by atoms with Gasteiger partial charge in [0.2, 0.25) is 11.8 Å². The number of benzene rings is 1. The van der Waals surface area contributed by atoms with Crippen molar-refractivity contribution in [2.45, 2.75) is 6.92 Å². The standard InChI is InChI=1S/C12H15N3O4/c1-7-3-2-4-8(11(7)18)12(19)15(5-9(13)16)6-10(14)17/h2-4,18H,5-6H2,1H3,(H2,13,16)(H2,14,17). The molecule has 19 heavy (non-hydrogen) atoms. The second kappa shape index (κ2) is 5.85. The quantitative estimate of drug-likeness (QED) is 0.638. The third-order valence-electron chi connectivity index (χ3n) is 2.45. The molecule has 7 nitrogen and oxygen atoms in total. The van der Waals surface area contributed by atoms with E-state index < -0.39 is 30.8 Å². The van der Waals surface area contributed by atoms with Crippen molar-refractivity contribution in [2.75, 3.05) is 13.1 Å². The molecule has 3 amide bonds. The first kappa shape index (κ1) is 14.5. The highest BCUT2D eigenvalue weighted by atomic mass is 16.3. The molecular formula is C12H15N3O4. The summed E-state index contributed by atoms with van der Waals surface area (Å²) >= 11 is 0. The Balaban J connectivity index is 3.07. The first-order valence-electron chi connectivity index (χ1n) is 5.47. The zero-order chi connectivity index (χ0) is 14.6. The monoisotopic (exact) mass is 265 g/mol. The average molecular weight is 265 g/mol. The maximum absolute atomic E-state index is 12.1. The molecular weight excluding hydrogens is 250 g/mol. The summed E-state index contributed by atoms with van der Waals surface area (Å²) in [5.74, 6) is -2.44. The Morgan fingerprint density at radius 3 is 2.16 bits per heavy atom. The minimum atomic E-state index is -0.776. The fourth-order valence-corrected chi connectivity index (χ4v) is 1.58. The van der Waals surface area contributed by atoms with E-state index >= 15 is 0 Å². The van der Waals surface area contributed by atoms with Gasteiger partial charge in [-0.3, -0.25) is 14.4 Å². The van der Waals surface area contributed by atoms with E-state index in [1.165, 1.54) is 6.07 Å². The summed E-state index contributed by atoms with van der Waals surface area (Å²) in [5.41, 5.74) is 10.5. The number of carbonyl (C=O) groups excluding carboxylic acids is 3. The average Bonchev–Trinajstić information content (AvgIpc) is 2.30. The number of phenols is 1. The van der Waals surface area contributed by atoms with E-state index in [0.717, 1.165) is 4.90 Å². The van der Waals surface area contributed by atoms with Gasteiger partial charge in [0.25, 0.3) is 5.91 Å². The number of hydrogen-bond donors (Lipinski definition) is 3. The minimum absolute atomic E-state index is 0.0116. The Kier molecular flexibility index (Phi) is 4.46. The van der Waals surface area contributed by atoms with Gasteiger partial charge in [0.05, 0.1) is 5.56 Å². The van der Waals surface area contributed by atoms with E-state index in [9.17, 15) is 19.5 Å². The first-order valence-corrected chi connectivity index (χ1v) is 5.47. The van der Waals surface area contributed by atoms with Crippen molar-refractivity contribution in [2.24, 2.45) is 11.5 Å².